The van der Waals surface area contributed by atoms with Crippen LogP contribution in [0, 0.1) is 0 Å². The highest BCUT2D eigenvalue weighted by Crippen LogP contribution is 2.32. The number of halogens is 1. The van der Waals surface area contributed by atoms with Crippen molar-refractivity contribution >= 4 is 41.2 Å². The van der Waals surface area contributed by atoms with Gasteiger partial charge in [0.15, 0.2) is 0 Å². The number of benzene rings is 1. The minimum Gasteiger partial charge on any atom is -0.485 e. The Bertz CT molecular complexity index is 1300. The number of rotatable bonds is 12. The zero-order chi connectivity index (χ0) is 31.4. The largest absolute Gasteiger partial charge is 0.485 e. The number of nitrogens with one attached hydrogen (secondary N) is 1. The van der Waals surface area contributed by atoms with E-state index >= 15 is 0 Å². The number of anilines is 3. The number of hydrogen-bond acceptors (Lipinski definition) is 10. The summed E-state index contributed by atoms with van der Waals surface area (Å²) in [5, 5.41) is 5.14. The van der Waals surface area contributed by atoms with Gasteiger partial charge in [-0.1, -0.05) is 12.1 Å². The van der Waals surface area contributed by atoms with Gasteiger partial charge in [0.05, 0.1) is 0 Å². The van der Waals surface area contributed by atoms with Crippen molar-refractivity contribution in [1.29, 1.82) is 0 Å². The van der Waals surface area contributed by atoms with Crippen LogP contribution in [-0.2, 0) is 9.53 Å². The summed E-state index contributed by atoms with van der Waals surface area (Å²) in [5.74, 6) is 1.67. The van der Waals surface area contributed by atoms with Crippen LogP contribution in [0.15, 0.2) is 48.0 Å². The zero-order valence-electron chi connectivity index (χ0n) is 25.9. The van der Waals surface area contributed by atoms with Crippen molar-refractivity contribution in [3.05, 3.63) is 58.4 Å². The highest BCUT2D eigenvalue weighted by atomic mass is 32.1. The minimum atomic E-state index is -0.368. The number of amides is 1. The topological polar surface area (TPSA) is 100 Å². The lowest BCUT2D eigenvalue weighted by atomic mass is 10.2. The summed E-state index contributed by atoms with van der Waals surface area (Å²) in [6, 6.07) is 11.7. The summed E-state index contributed by atoms with van der Waals surface area (Å²) >= 11 is 1.64. The number of nitrogens with zero attached hydrogens (tertiary/aromatic N) is 5. The zero-order valence-corrected chi connectivity index (χ0v) is 26.7. The molecule has 4 rings (SSSR count). The summed E-state index contributed by atoms with van der Waals surface area (Å²) in [5.41, 5.74) is 0.909. The highest BCUT2D eigenvalue weighted by molar-refractivity contribution is 7.10. The van der Waals surface area contributed by atoms with Crippen molar-refractivity contribution in [2.75, 3.05) is 68.6 Å². The van der Waals surface area contributed by atoms with Gasteiger partial charge in [0, 0.05) is 69.0 Å². The van der Waals surface area contributed by atoms with E-state index in [9.17, 15) is 14.0 Å². The maximum absolute atomic E-state index is 13.5. The SMILES string of the molecule is CC(C)(C)OC=O.CCNc1ncc2c(n1)N(C)CCN(c1cccc(OC(CCN(C)CCF)c3cccs3)c1)C2=O. The molecule has 1 aliphatic heterocycles. The molecule has 0 spiro atoms. The first kappa shape index (κ1) is 33.7. The van der Waals surface area contributed by atoms with Crippen LogP contribution in [0.2, 0.25) is 0 Å². The lowest BCUT2D eigenvalue weighted by Crippen LogP contribution is -2.33. The Morgan fingerprint density at radius 2 is 2.00 bits per heavy atom. The molecule has 0 saturated carbocycles. The molecule has 234 valence electrons. The molecule has 0 fully saturated rings. The Morgan fingerprint density at radius 3 is 2.63 bits per heavy atom. The Morgan fingerprint density at radius 1 is 1.21 bits per heavy atom. The van der Waals surface area contributed by atoms with E-state index in [1.807, 2.05) is 87.3 Å². The van der Waals surface area contributed by atoms with Crippen molar-refractivity contribution < 1.29 is 23.5 Å². The third-order valence-electron chi connectivity index (χ3n) is 6.51. The van der Waals surface area contributed by atoms with Gasteiger partial charge >= 0.3 is 0 Å². The molecule has 0 saturated heterocycles. The van der Waals surface area contributed by atoms with Crippen molar-refractivity contribution in [2.45, 2.75) is 45.8 Å². The lowest BCUT2D eigenvalue weighted by molar-refractivity contribution is -0.138. The summed E-state index contributed by atoms with van der Waals surface area (Å²) in [6.07, 6.45) is 2.17. The van der Waals surface area contributed by atoms with E-state index < -0.39 is 0 Å². The first-order chi connectivity index (χ1) is 20.6. The van der Waals surface area contributed by atoms with Crippen LogP contribution in [0.5, 0.6) is 5.75 Å². The molecule has 1 aliphatic rings. The fourth-order valence-electron chi connectivity index (χ4n) is 4.27. The number of likely N-dealkylation sites (N-methyl/N-ethyl adjacent to an activating group) is 1. The van der Waals surface area contributed by atoms with Crippen LogP contribution in [0.25, 0.3) is 0 Å². The molecule has 0 aliphatic carbocycles. The van der Waals surface area contributed by atoms with Gasteiger partial charge in [0.2, 0.25) is 5.95 Å². The molecule has 1 N–H and O–H groups in total. The van der Waals surface area contributed by atoms with E-state index in [1.165, 1.54) is 0 Å². The van der Waals surface area contributed by atoms with E-state index in [0.717, 1.165) is 23.5 Å². The Labute approximate surface area is 257 Å². The second kappa shape index (κ2) is 16.2. The van der Waals surface area contributed by atoms with E-state index in [2.05, 4.69) is 26.1 Å². The molecule has 1 atom stereocenters. The van der Waals surface area contributed by atoms with Crippen LogP contribution in [0.4, 0.5) is 21.8 Å². The molecule has 0 bridgehead atoms. The summed E-state index contributed by atoms with van der Waals surface area (Å²) < 4.78 is 23.7. The normalized spacial score (nSPS) is 13.9. The molecular formula is C31H43FN6O4S. The van der Waals surface area contributed by atoms with Gasteiger partial charge in [-0.25, -0.2) is 9.37 Å². The summed E-state index contributed by atoms with van der Waals surface area (Å²) in [6.45, 7) is 10.5. The third-order valence-corrected chi connectivity index (χ3v) is 7.47. The average Bonchev–Trinajstić information content (AvgIpc) is 3.47. The smallest absolute Gasteiger partial charge is 0.293 e. The van der Waals surface area contributed by atoms with Crippen LogP contribution in [-0.4, -0.2) is 86.3 Å². The predicted octanol–water partition coefficient (Wildman–Crippen LogP) is 5.44. The fraction of sp³-hybridized carbons (Fsp3) is 0.484. The molecule has 1 aromatic carbocycles. The number of carbonyl (C=O) groups is 2. The number of alkyl halides is 1. The Kier molecular flexibility index (Phi) is 12.7. The van der Waals surface area contributed by atoms with Crippen LogP contribution >= 0.6 is 11.3 Å². The maximum atomic E-state index is 13.5. The van der Waals surface area contributed by atoms with Crippen molar-refractivity contribution in [3.8, 4) is 5.75 Å². The number of thiophene rings is 1. The molecule has 43 heavy (non-hydrogen) atoms. The monoisotopic (exact) mass is 614 g/mol. The molecule has 2 aromatic heterocycles. The van der Waals surface area contributed by atoms with Crippen LogP contribution < -0.4 is 19.9 Å². The van der Waals surface area contributed by atoms with E-state index in [-0.39, 0.29) is 24.3 Å². The number of hydrogen-bond donors (Lipinski definition) is 1. The number of aromatic nitrogens is 2. The second-order valence-electron chi connectivity index (χ2n) is 11.1. The first-order valence-electron chi connectivity index (χ1n) is 14.4. The minimum absolute atomic E-state index is 0.141. The van der Waals surface area contributed by atoms with Gasteiger partial charge in [-0.2, -0.15) is 4.98 Å². The second-order valence-corrected chi connectivity index (χ2v) is 12.0. The van der Waals surface area contributed by atoms with Gasteiger partial charge in [-0.05, 0) is 58.3 Å². The van der Waals surface area contributed by atoms with Crippen molar-refractivity contribution in [3.63, 3.8) is 0 Å². The molecule has 3 heterocycles. The Hall–Kier alpha value is -3.77. The predicted molar refractivity (Wildman–Crippen MR) is 170 cm³/mol. The van der Waals surface area contributed by atoms with Gasteiger partial charge in [-0.3, -0.25) is 9.59 Å². The molecule has 1 amide bonds. The average molecular weight is 615 g/mol. The van der Waals surface area contributed by atoms with E-state index in [0.29, 0.717) is 55.7 Å². The van der Waals surface area contributed by atoms with Gasteiger partial charge in [0.25, 0.3) is 12.4 Å². The van der Waals surface area contributed by atoms with Gasteiger partial charge < -0.3 is 29.5 Å². The molecule has 3 aromatic rings. The fourth-order valence-corrected chi connectivity index (χ4v) is 5.06. The summed E-state index contributed by atoms with van der Waals surface area (Å²) in [7, 11) is 3.85. The molecule has 10 nitrogen and oxygen atoms in total. The lowest BCUT2D eigenvalue weighted by Gasteiger charge is -2.24. The molecule has 0 radical (unpaired) electrons. The molecule has 12 heteroatoms. The molecular weight excluding hydrogens is 571 g/mol. The number of fused-ring (bicyclic) bond motifs is 1. The van der Waals surface area contributed by atoms with Gasteiger partial charge in [-0.15, -0.1) is 11.3 Å². The Balaban J connectivity index is 0.000000646. The van der Waals surface area contributed by atoms with Crippen LogP contribution in [0.1, 0.15) is 55.5 Å². The number of ether oxygens (including phenoxy) is 2. The van der Waals surface area contributed by atoms with E-state index in [1.54, 1.807) is 22.4 Å². The quantitative estimate of drug-likeness (QED) is 0.268. The van der Waals surface area contributed by atoms with Gasteiger partial charge in [0.1, 0.15) is 35.5 Å². The highest BCUT2D eigenvalue weighted by Gasteiger charge is 2.28. The third kappa shape index (κ3) is 10.2. The van der Waals surface area contributed by atoms with Crippen molar-refractivity contribution in [1.82, 2.24) is 14.9 Å². The standard InChI is InChI=1S/C26H33FN6O2S.C5H10O2/c1-4-28-26-29-18-21-24(30-26)32(3)14-15-33(25(21)34)19-7-5-8-20(17-19)35-22(23-9-6-16-36-23)10-12-31(2)13-11-27;1-5(2,3)7-4-6/h5-9,16-18,22H,4,10-15H2,1-3H3,(H,28,29,30);4H,1-3H3. The van der Waals surface area contributed by atoms with Crippen LogP contribution in [0.3, 0.4) is 0 Å². The van der Waals surface area contributed by atoms with Crippen molar-refractivity contribution in [2.24, 2.45) is 0 Å². The first-order valence-corrected chi connectivity index (χ1v) is 15.2. The number of carbonyl (C=O) groups excluding carboxylic acids is 2. The van der Waals surface area contributed by atoms with E-state index in [4.69, 9.17) is 4.74 Å². The molecule has 1 unspecified atom stereocenters. The maximum Gasteiger partial charge on any atom is 0.293 e. The summed E-state index contributed by atoms with van der Waals surface area (Å²) in [4.78, 5) is 38.8.